The van der Waals surface area contributed by atoms with Crippen molar-refractivity contribution in [3.8, 4) is 11.1 Å². The molecule has 0 atom stereocenters. The molecule has 0 spiro atoms. The molecule has 0 amide bonds. The number of benzene rings is 1. The van der Waals surface area contributed by atoms with Crippen LogP contribution in [0.5, 0.6) is 0 Å². The molecule has 0 aliphatic carbocycles. The van der Waals surface area contributed by atoms with Gasteiger partial charge in [0.15, 0.2) is 0 Å². The number of hydrogen-bond donors (Lipinski definition) is 2. The predicted molar refractivity (Wildman–Crippen MR) is 97.6 cm³/mol. The predicted octanol–water partition coefficient (Wildman–Crippen LogP) is 2.82. The maximum absolute atomic E-state index is 14.3. The molecular weight excluding hydrogens is 317 g/mol. The quantitative estimate of drug-likeness (QED) is 0.759. The molecule has 0 bridgehead atoms. The van der Waals surface area contributed by atoms with Crippen molar-refractivity contribution >= 4 is 0 Å². The number of rotatable bonds is 7. The van der Waals surface area contributed by atoms with Crippen molar-refractivity contribution in [3.05, 3.63) is 54.1 Å². The number of hydrogen-bond acceptors (Lipinski definition) is 4. The minimum Gasteiger partial charge on any atom is -0.393 e. The fourth-order valence-electron chi connectivity index (χ4n) is 3.21. The Bertz CT molecular complexity index is 657. The lowest BCUT2D eigenvalue weighted by molar-refractivity contribution is 0.0821. The number of pyridine rings is 1. The zero-order chi connectivity index (χ0) is 17.5. The summed E-state index contributed by atoms with van der Waals surface area (Å²) in [4.78, 5) is 6.37. The van der Waals surface area contributed by atoms with E-state index in [0.29, 0.717) is 12.1 Å². The van der Waals surface area contributed by atoms with Crippen LogP contribution in [0.4, 0.5) is 4.39 Å². The third-order valence-electron chi connectivity index (χ3n) is 4.77. The van der Waals surface area contributed by atoms with Crippen molar-refractivity contribution in [2.45, 2.75) is 31.9 Å². The lowest BCUT2D eigenvalue weighted by Crippen LogP contribution is -2.37. The number of aliphatic hydroxyl groups excluding tert-OH is 1. The molecule has 1 aromatic carbocycles. The molecule has 0 radical (unpaired) electrons. The molecule has 1 fully saturated rings. The first-order valence-electron chi connectivity index (χ1n) is 9.02. The molecule has 25 heavy (non-hydrogen) atoms. The minimum absolute atomic E-state index is 0.118. The molecule has 1 aromatic heterocycles. The number of aliphatic hydroxyl groups is 1. The van der Waals surface area contributed by atoms with E-state index in [4.69, 9.17) is 0 Å². The normalized spacial score (nSPS) is 16.2. The van der Waals surface area contributed by atoms with Crippen LogP contribution in [-0.2, 0) is 6.54 Å². The highest BCUT2D eigenvalue weighted by atomic mass is 19.1. The highest BCUT2D eigenvalue weighted by molar-refractivity contribution is 5.63. The fraction of sp³-hybridized carbons (Fsp3) is 0.450. The Morgan fingerprint density at radius 2 is 1.88 bits per heavy atom. The van der Waals surface area contributed by atoms with Gasteiger partial charge in [-0.25, -0.2) is 4.39 Å². The van der Waals surface area contributed by atoms with E-state index in [1.165, 1.54) is 0 Å². The molecule has 2 aromatic rings. The Labute approximate surface area is 148 Å². The smallest absolute Gasteiger partial charge is 0.128 e. The third kappa shape index (κ3) is 5.33. The number of halogens is 1. The van der Waals surface area contributed by atoms with E-state index in [-0.39, 0.29) is 11.9 Å². The number of nitrogens with zero attached hydrogens (tertiary/aromatic N) is 2. The van der Waals surface area contributed by atoms with Crippen molar-refractivity contribution in [2.75, 3.05) is 26.2 Å². The minimum atomic E-state index is -0.174. The molecule has 1 aliphatic heterocycles. The van der Waals surface area contributed by atoms with E-state index < -0.39 is 0 Å². The van der Waals surface area contributed by atoms with Crippen LogP contribution in [0.15, 0.2) is 42.7 Å². The van der Waals surface area contributed by atoms with Gasteiger partial charge in [0.2, 0.25) is 0 Å². The van der Waals surface area contributed by atoms with E-state index in [1.807, 2.05) is 24.3 Å². The second-order valence-corrected chi connectivity index (χ2v) is 6.65. The topological polar surface area (TPSA) is 48.4 Å². The Balaban J connectivity index is 1.41. The Hall–Kier alpha value is -1.82. The first-order valence-corrected chi connectivity index (χ1v) is 9.02. The van der Waals surface area contributed by atoms with Gasteiger partial charge in [0.1, 0.15) is 5.82 Å². The van der Waals surface area contributed by atoms with Crippen molar-refractivity contribution in [2.24, 2.45) is 0 Å². The van der Waals surface area contributed by atoms with Gasteiger partial charge in [-0.1, -0.05) is 12.1 Å². The molecule has 1 aliphatic rings. The largest absolute Gasteiger partial charge is 0.393 e. The molecule has 1 saturated heterocycles. The van der Waals surface area contributed by atoms with Crippen LogP contribution in [0, 0.1) is 5.82 Å². The Kier molecular flexibility index (Phi) is 6.50. The maximum Gasteiger partial charge on any atom is 0.128 e. The summed E-state index contributed by atoms with van der Waals surface area (Å²) in [6.45, 7) is 4.40. The van der Waals surface area contributed by atoms with E-state index >= 15 is 0 Å². The molecule has 2 N–H and O–H groups in total. The Morgan fingerprint density at radius 1 is 1.12 bits per heavy atom. The van der Waals surface area contributed by atoms with Crippen LogP contribution in [0.1, 0.15) is 24.8 Å². The van der Waals surface area contributed by atoms with E-state index in [9.17, 15) is 9.50 Å². The van der Waals surface area contributed by atoms with Gasteiger partial charge in [-0.05, 0) is 61.7 Å². The first kappa shape index (κ1) is 18.0. The summed E-state index contributed by atoms with van der Waals surface area (Å²) in [6, 6.07) is 9.16. The van der Waals surface area contributed by atoms with Gasteiger partial charge in [-0.3, -0.25) is 4.98 Å². The molecule has 5 heteroatoms. The third-order valence-corrected chi connectivity index (χ3v) is 4.77. The van der Waals surface area contributed by atoms with Crippen molar-refractivity contribution in [1.29, 1.82) is 0 Å². The second-order valence-electron chi connectivity index (χ2n) is 6.65. The van der Waals surface area contributed by atoms with Gasteiger partial charge in [-0.2, -0.15) is 0 Å². The molecule has 134 valence electrons. The summed E-state index contributed by atoms with van der Waals surface area (Å²) in [5, 5.41) is 12.8. The molecular formula is C20H26FN3O. The maximum atomic E-state index is 14.3. The molecule has 2 heterocycles. The van der Waals surface area contributed by atoms with Gasteiger partial charge in [0.25, 0.3) is 0 Å². The van der Waals surface area contributed by atoms with Gasteiger partial charge in [-0.15, -0.1) is 0 Å². The van der Waals surface area contributed by atoms with E-state index in [1.54, 1.807) is 18.5 Å². The zero-order valence-electron chi connectivity index (χ0n) is 14.5. The van der Waals surface area contributed by atoms with Crippen LogP contribution >= 0.6 is 0 Å². The number of nitrogens with one attached hydrogen (secondary N) is 1. The SMILES string of the molecule is OC1CCN(CCCNCc2ccc(-c3ccncc3)cc2F)CC1. The number of likely N-dealkylation sites (tertiary alicyclic amines) is 1. The molecule has 4 nitrogen and oxygen atoms in total. The summed E-state index contributed by atoms with van der Waals surface area (Å²) in [5.74, 6) is -0.174. The fourth-order valence-corrected chi connectivity index (χ4v) is 3.21. The van der Waals surface area contributed by atoms with Gasteiger partial charge in [0, 0.05) is 37.6 Å². The lowest BCUT2D eigenvalue weighted by Gasteiger charge is -2.29. The highest BCUT2D eigenvalue weighted by Crippen LogP contribution is 2.21. The van der Waals surface area contributed by atoms with Gasteiger partial charge in [0.05, 0.1) is 6.10 Å². The van der Waals surface area contributed by atoms with Crippen molar-refractivity contribution in [1.82, 2.24) is 15.2 Å². The second kappa shape index (κ2) is 9.04. The van der Waals surface area contributed by atoms with Gasteiger partial charge < -0.3 is 15.3 Å². The standard InChI is InChI=1S/C20H26FN3O/c21-20-14-17(16-4-9-22-10-5-16)2-3-18(20)15-23-8-1-11-24-12-6-19(25)7-13-24/h2-5,9-10,14,19,23,25H,1,6-8,11-13,15H2. The van der Waals surface area contributed by atoms with E-state index in [0.717, 1.165) is 56.6 Å². The summed E-state index contributed by atoms with van der Waals surface area (Å²) in [7, 11) is 0. The number of piperidine rings is 1. The summed E-state index contributed by atoms with van der Waals surface area (Å²) < 4.78 is 14.3. The summed E-state index contributed by atoms with van der Waals surface area (Å²) >= 11 is 0. The average molecular weight is 343 g/mol. The molecule has 0 unspecified atom stereocenters. The first-order chi connectivity index (χ1) is 12.2. The Morgan fingerprint density at radius 3 is 2.60 bits per heavy atom. The van der Waals surface area contributed by atoms with Crippen molar-refractivity contribution in [3.63, 3.8) is 0 Å². The molecule has 0 saturated carbocycles. The lowest BCUT2D eigenvalue weighted by atomic mass is 10.0. The zero-order valence-corrected chi connectivity index (χ0v) is 14.5. The highest BCUT2D eigenvalue weighted by Gasteiger charge is 2.15. The van der Waals surface area contributed by atoms with Crippen LogP contribution in [0.2, 0.25) is 0 Å². The van der Waals surface area contributed by atoms with Crippen LogP contribution in [0.25, 0.3) is 11.1 Å². The average Bonchev–Trinajstić information content (AvgIpc) is 2.65. The number of aromatic nitrogens is 1. The van der Waals surface area contributed by atoms with Crippen molar-refractivity contribution < 1.29 is 9.50 Å². The van der Waals surface area contributed by atoms with Crippen LogP contribution < -0.4 is 5.32 Å². The molecule has 3 rings (SSSR count). The van der Waals surface area contributed by atoms with Crippen LogP contribution in [0.3, 0.4) is 0 Å². The summed E-state index contributed by atoms with van der Waals surface area (Å²) in [5.41, 5.74) is 2.54. The van der Waals surface area contributed by atoms with E-state index in [2.05, 4.69) is 15.2 Å². The monoisotopic (exact) mass is 343 g/mol. The van der Waals surface area contributed by atoms with Crippen LogP contribution in [-0.4, -0.2) is 47.3 Å². The van der Waals surface area contributed by atoms with Gasteiger partial charge >= 0.3 is 0 Å². The summed E-state index contributed by atoms with van der Waals surface area (Å²) in [6.07, 6.45) is 6.10.